The Hall–Kier alpha value is -4.42. The number of anilines is 1. The van der Waals surface area contributed by atoms with E-state index in [4.69, 9.17) is 5.73 Å². The van der Waals surface area contributed by atoms with Crippen LogP contribution in [0, 0.1) is 0 Å². The number of rotatable bonds is 7. The van der Waals surface area contributed by atoms with Gasteiger partial charge in [0, 0.05) is 48.9 Å². The van der Waals surface area contributed by atoms with Gasteiger partial charge in [0.05, 0.1) is 18.1 Å². The molecule has 0 saturated carbocycles. The van der Waals surface area contributed by atoms with Crippen LogP contribution >= 0.6 is 0 Å². The quantitative estimate of drug-likeness (QED) is 0.428. The molecule has 2 heterocycles. The number of nitrogens with one attached hydrogen (secondary N) is 2. The van der Waals surface area contributed by atoms with Gasteiger partial charge in [-0.1, -0.05) is 12.1 Å². The molecule has 36 heavy (non-hydrogen) atoms. The summed E-state index contributed by atoms with van der Waals surface area (Å²) in [6, 6.07) is 6.71. The molecule has 1 unspecified atom stereocenters. The van der Waals surface area contributed by atoms with Gasteiger partial charge in [-0.2, -0.15) is 18.3 Å². The molecule has 13 heteroatoms. The van der Waals surface area contributed by atoms with Gasteiger partial charge in [-0.25, -0.2) is 14.3 Å². The van der Waals surface area contributed by atoms with Gasteiger partial charge in [-0.15, -0.1) is 0 Å². The maximum Gasteiger partial charge on any atom is 0.405 e. The molecule has 190 valence electrons. The molecule has 0 bridgehead atoms. The lowest BCUT2D eigenvalue weighted by Crippen LogP contribution is -2.36. The number of carbonyl (C=O) groups is 2. The highest BCUT2D eigenvalue weighted by atomic mass is 19.4. The summed E-state index contributed by atoms with van der Waals surface area (Å²) >= 11 is 0. The third kappa shape index (κ3) is 6.58. The SMILES string of the molecule is CC(N=CC(=CN)c1cnn2c(-c3cccc(NC(=O)NCC(F)(F)F)c3)cnc2c1)C(=O)N(C)C. The molecule has 1 aromatic carbocycles. The Morgan fingerprint density at radius 1 is 1.25 bits per heavy atom. The first-order valence-corrected chi connectivity index (χ1v) is 10.7. The van der Waals surface area contributed by atoms with Crippen molar-refractivity contribution in [3.63, 3.8) is 0 Å². The Balaban J connectivity index is 1.80. The third-order valence-electron chi connectivity index (χ3n) is 4.98. The molecule has 0 aliphatic heterocycles. The molecular weight excluding hydrogens is 477 g/mol. The molecule has 3 rings (SSSR count). The highest BCUT2D eigenvalue weighted by Gasteiger charge is 2.27. The van der Waals surface area contributed by atoms with Gasteiger partial charge in [-0.3, -0.25) is 9.79 Å². The number of fused-ring (bicyclic) bond motifs is 1. The molecule has 0 spiro atoms. The second kappa shape index (κ2) is 10.9. The van der Waals surface area contributed by atoms with E-state index in [2.05, 4.69) is 20.4 Å². The first-order valence-electron chi connectivity index (χ1n) is 10.7. The number of allylic oxidation sites excluding steroid dienone is 1. The minimum Gasteiger partial charge on any atom is -0.404 e. The van der Waals surface area contributed by atoms with Crippen molar-refractivity contribution in [2.75, 3.05) is 26.0 Å². The fourth-order valence-corrected chi connectivity index (χ4v) is 3.19. The zero-order valence-electron chi connectivity index (χ0n) is 19.7. The summed E-state index contributed by atoms with van der Waals surface area (Å²) in [6.07, 6.45) is 1.49. The molecule has 4 N–H and O–H groups in total. The van der Waals surface area contributed by atoms with Crippen LogP contribution in [0.15, 0.2) is 53.9 Å². The number of likely N-dealkylation sites (N-methyl/N-ethyl adjacent to an activating group) is 1. The van der Waals surface area contributed by atoms with E-state index < -0.39 is 24.8 Å². The van der Waals surface area contributed by atoms with Crippen LogP contribution in [-0.2, 0) is 4.79 Å². The molecule has 1 atom stereocenters. The number of nitrogens with two attached hydrogens (primary N) is 1. The number of imidazole rings is 1. The van der Waals surface area contributed by atoms with Crippen molar-refractivity contribution >= 4 is 35.1 Å². The fourth-order valence-electron chi connectivity index (χ4n) is 3.19. The smallest absolute Gasteiger partial charge is 0.404 e. The van der Waals surface area contributed by atoms with Crippen molar-refractivity contribution < 1.29 is 22.8 Å². The molecule has 2 aromatic heterocycles. The minimum atomic E-state index is -4.51. The minimum absolute atomic E-state index is 0.149. The summed E-state index contributed by atoms with van der Waals surface area (Å²) in [5.41, 5.74) is 8.95. The number of alkyl halides is 3. The Kier molecular flexibility index (Phi) is 7.92. The van der Waals surface area contributed by atoms with Crippen molar-refractivity contribution in [3.05, 3.63) is 54.5 Å². The van der Waals surface area contributed by atoms with E-state index in [1.165, 1.54) is 17.3 Å². The topological polar surface area (TPSA) is 130 Å². The number of halogens is 3. The lowest BCUT2D eigenvalue weighted by Gasteiger charge is -2.13. The number of aromatic nitrogens is 3. The van der Waals surface area contributed by atoms with Gasteiger partial charge < -0.3 is 21.3 Å². The van der Waals surface area contributed by atoms with Gasteiger partial charge in [0.25, 0.3) is 0 Å². The number of hydrogen-bond donors (Lipinski definition) is 3. The van der Waals surface area contributed by atoms with E-state index in [0.29, 0.717) is 33.7 Å². The maximum absolute atomic E-state index is 12.3. The summed E-state index contributed by atoms with van der Waals surface area (Å²) in [7, 11) is 3.30. The van der Waals surface area contributed by atoms with Crippen molar-refractivity contribution in [2.45, 2.75) is 19.1 Å². The van der Waals surface area contributed by atoms with Crippen LogP contribution in [-0.4, -0.2) is 70.5 Å². The molecule has 10 nitrogen and oxygen atoms in total. The lowest BCUT2D eigenvalue weighted by molar-refractivity contribution is -0.129. The highest BCUT2D eigenvalue weighted by molar-refractivity contribution is 6.10. The first kappa shape index (κ1) is 26.2. The largest absolute Gasteiger partial charge is 0.405 e. The first-order chi connectivity index (χ1) is 17.0. The van der Waals surface area contributed by atoms with Crippen LogP contribution in [0.3, 0.4) is 0 Å². The number of benzene rings is 1. The van der Waals surface area contributed by atoms with Gasteiger partial charge in [-0.05, 0) is 25.1 Å². The molecule has 3 amide bonds. The van der Waals surface area contributed by atoms with Crippen LogP contribution in [0.1, 0.15) is 12.5 Å². The number of aliphatic imine (C=N–C) groups is 1. The van der Waals surface area contributed by atoms with Crippen LogP contribution in [0.5, 0.6) is 0 Å². The van der Waals surface area contributed by atoms with E-state index in [9.17, 15) is 22.8 Å². The third-order valence-corrected chi connectivity index (χ3v) is 4.98. The van der Waals surface area contributed by atoms with Gasteiger partial charge >= 0.3 is 12.2 Å². The standard InChI is InChI=1S/C23H25F3N8O2/c1-14(21(35)33(2)3)28-10-17(9-27)16-8-20-29-12-19(34(20)31-11-16)15-5-4-6-18(7-15)32-22(36)30-13-23(24,25)26/h4-12,14H,13,27H2,1-3H3,(H2,30,32,36). The zero-order chi connectivity index (χ0) is 26.5. The highest BCUT2D eigenvalue weighted by Crippen LogP contribution is 2.24. The lowest BCUT2D eigenvalue weighted by atomic mass is 10.1. The summed E-state index contributed by atoms with van der Waals surface area (Å²) in [6.45, 7) is 0.241. The van der Waals surface area contributed by atoms with Crippen LogP contribution in [0.25, 0.3) is 22.5 Å². The van der Waals surface area contributed by atoms with Crippen molar-refractivity contribution in [3.8, 4) is 11.3 Å². The molecule has 0 aliphatic rings. The van der Waals surface area contributed by atoms with E-state index >= 15 is 0 Å². The Morgan fingerprint density at radius 2 is 2.00 bits per heavy atom. The van der Waals surface area contributed by atoms with Gasteiger partial charge in [0.1, 0.15) is 12.6 Å². The predicted molar refractivity (Wildman–Crippen MR) is 130 cm³/mol. The Bertz CT molecular complexity index is 1310. The van der Waals surface area contributed by atoms with Crippen LogP contribution < -0.4 is 16.4 Å². The van der Waals surface area contributed by atoms with E-state index in [1.54, 1.807) is 73.6 Å². The van der Waals surface area contributed by atoms with Crippen LogP contribution in [0.4, 0.5) is 23.7 Å². The fraction of sp³-hybridized carbons (Fsp3) is 0.261. The second-order valence-corrected chi connectivity index (χ2v) is 7.97. The van der Waals surface area contributed by atoms with Crippen molar-refractivity contribution in [2.24, 2.45) is 10.7 Å². The summed E-state index contributed by atoms with van der Waals surface area (Å²) in [4.78, 5) is 33.9. The average molecular weight is 503 g/mol. The molecule has 0 radical (unpaired) electrons. The van der Waals surface area contributed by atoms with Crippen LogP contribution in [0.2, 0.25) is 0 Å². The van der Waals surface area contributed by atoms with E-state index in [0.717, 1.165) is 0 Å². The number of nitrogens with zero attached hydrogens (tertiary/aromatic N) is 5. The predicted octanol–water partition coefficient (Wildman–Crippen LogP) is 2.93. The molecule has 3 aromatic rings. The normalized spacial score (nSPS) is 13.1. The average Bonchev–Trinajstić information content (AvgIpc) is 3.25. The second-order valence-electron chi connectivity index (χ2n) is 7.97. The number of urea groups is 1. The number of hydrogen-bond acceptors (Lipinski definition) is 6. The molecule has 0 saturated heterocycles. The number of carbonyl (C=O) groups excluding carboxylic acids is 2. The summed E-state index contributed by atoms with van der Waals surface area (Å²) in [5.74, 6) is -0.149. The zero-order valence-corrected chi connectivity index (χ0v) is 19.7. The van der Waals surface area contributed by atoms with E-state index in [-0.39, 0.29) is 5.91 Å². The monoisotopic (exact) mass is 502 g/mol. The number of amides is 3. The summed E-state index contributed by atoms with van der Waals surface area (Å²) < 4.78 is 38.5. The summed E-state index contributed by atoms with van der Waals surface area (Å²) in [5, 5.41) is 8.55. The molecule has 0 aliphatic carbocycles. The Morgan fingerprint density at radius 3 is 2.67 bits per heavy atom. The molecule has 0 fully saturated rings. The maximum atomic E-state index is 12.3. The molecular formula is C23H25F3N8O2. The van der Waals surface area contributed by atoms with Crippen molar-refractivity contribution in [1.82, 2.24) is 24.8 Å². The van der Waals surface area contributed by atoms with Crippen molar-refractivity contribution in [1.29, 1.82) is 0 Å². The van der Waals surface area contributed by atoms with Gasteiger partial charge in [0.2, 0.25) is 5.91 Å². The Labute approximate surface area is 204 Å². The van der Waals surface area contributed by atoms with E-state index in [1.807, 2.05) is 0 Å². The van der Waals surface area contributed by atoms with Gasteiger partial charge in [0.15, 0.2) is 5.65 Å².